The average Bonchev–Trinajstić information content (AvgIpc) is 3.19. The summed E-state index contributed by atoms with van der Waals surface area (Å²) in [5.41, 5.74) is 6.80. The predicted molar refractivity (Wildman–Crippen MR) is 116 cm³/mol. The number of carboxylic acid groups (broad SMARTS) is 2. The van der Waals surface area contributed by atoms with Gasteiger partial charge in [0.2, 0.25) is 0 Å². The van der Waals surface area contributed by atoms with E-state index < -0.39 is 18.2 Å². The van der Waals surface area contributed by atoms with Crippen molar-refractivity contribution in [2.24, 2.45) is 11.7 Å². The van der Waals surface area contributed by atoms with Crippen LogP contribution in [0.3, 0.4) is 0 Å². The molecular formula is C22H29NO6S. The third-order valence-corrected chi connectivity index (χ3v) is 5.70. The van der Waals surface area contributed by atoms with E-state index in [1.807, 2.05) is 25.1 Å². The molecule has 0 fully saturated rings. The zero-order valence-electron chi connectivity index (χ0n) is 17.0. The van der Waals surface area contributed by atoms with Crippen molar-refractivity contribution in [3.05, 3.63) is 57.8 Å². The molecule has 0 spiro atoms. The second kappa shape index (κ2) is 13.6. The van der Waals surface area contributed by atoms with Crippen LogP contribution in [0.2, 0.25) is 0 Å². The third kappa shape index (κ3) is 10.3. The highest BCUT2D eigenvalue weighted by Crippen LogP contribution is 2.22. The summed E-state index contributed by atoms with van der Waals surface area (Å²) in [5, 5.41) is 24.1. The van der Waals surface area contributed by atoms with Crippen LogP contribution in [0, 0.1) is 5.92 Å². The summed E-state index contributed by atoms with van der Waals surface area (Å²) >= 11 is 1.58. The van der Waals surface area contributed by atoms with E-state index in [-0.39, 0.29) is 11.7 Å². The molecule has 1 heterocycles. The van der Waals surface area contributed by atoms with Crippen molar-refractivity contribution in [2.75, 3.05) is 0 Å². The van der Waals surface area contributed by atoms with Gasteiger partial charge in [0, 0.05) is 11.3 Å². The molecule has 164 valence electrons. The van der Waals surface area contributed by atoms with Crippen LogP contribution in [-0.4, -0.2) is 39.3 Å². The van der Waals surface area contributed by atoms with Gasteiger partial charge in [-0.05, 0) is 55.7 Å². The minimum absolute atomic E-state index is 0.0734. The number of unbranched alkanes of at least 4 members (excludes halogenated alkanes) is 1. The molecule has 0 bridgehead atoms. The zero-order chi connectivity index (χ0) is 22.5. The monoisotopic (exact) mass is 435 g/mol. The summed E-state index contributed by atoms with van der Waals surface area (Å²) in [6.45, 7) is 1.94. The second-order valence-electron chi connectivity index (χ2n) is 7.00. The lowest BCUT2D eigenvalue weighted by atomic mass is 10.0. The fraction of sp³-hybridized carbons (Fsp3) is 0.409. The molecule has 7 nitrogen and oxygen atoms in total. The first-order valence-corrected chi connectivity index (χ1v) is 10.6. The molecule has 0 amide bonds. The van der Waals surface area contributed by atoms with Gasteiger partial charge in [0.15, 0.2) is 5.78 Å². The van der Waals surface area contributed by atoms with Crippen LogP contribution in [-0.2, 0) is 22.4 Å². The van der Waals surface area contributed by atoms with Crippen molar-refractivity contribution in [3.63, 3.8) is 0 Å². The van der Waals surface area contributed by atoms with Gasteiger partial charge in [-0.15, -0.1) is 11.3 Å². The van der Waals surface area contributed by atoms with E-state index in [0.717, 1.165) is 37.0 Å². The van der Waals surface area contributed by atoms with E-state index >= 15 is 0 Å². The van der Waals surface area contributed by atoms with E-state index in [1.165, 1.54) is 10.4 Å². The number of hydrogen-bond acceptors (Lipinski definition) is 6. The Hall–Kier alpha value is -2.55. The molecular weight excluding hydrogens is 406 g/mol. The number of hydrogen-bond donors (Lipinski definition) is 4. The molecule has 1 aromatic carbocycles. The Morgan fingerprint density at radius 1 is 0.967 bits per heavy atom. The van der Waals surface area contributed by atoms with Gasteiger partial charge in [0.05, 0.1) is 4.88 Å². The highest BCUT2D eigenvalue weighted by molar-refractivity contribution is 7.14. The zero-order valence-corrected chi connectivity index (χ0v) is 17.8. The van der Waals surface area contributed by atoms with Crippen molar-refractivity contribution in [2.45, 2.75) is 51.7 Å². The summed E-state index contributed by atoms with van der Waals surface area (Å²) in [6, 6.07) is 14.4. The Labute approximate surface area is 180 Å². The Morgan fingerprint density at radius 3 is 2.17 bits per heavy atom. The molecule has 0 aliphatic heterocycles. The van der Waals surface area contributed by atoms with Gasteiger partial charge >= 0.3 is 11.9 Å². The summed E-state index contributed by atoms with van der Waals surface area (Å²) in [6.07, 6.45) is 4.55. The SMILES string of the molecule is C[C@H](CCc1ccc(C(=O)CCCCc2ccccc2)s1)C(N)O.O=C(O)C(=O)O. The molecule has 2 aromatic rings. The molecule has 1 aromatic heterocycles. The van der Waals surface area contributed by atoms with Crippen molar-refractivity contribution in [3.8, 4) is 0 Å². The van der Waals surface area contributed by atoms with Gasteiger partial charge in [0.1, 0.15) is 6.23 Å². The number of Topliss-reactive ketones (excluding diaryl/α,β-unsaturated/α-hetero) is 1. The van der Waals surface area contributed by atoms with E-state index in [2.05, 4.69) is 24.3 Å². The molecule has 0 saturated heterocycles. The minimum Gasteiger partial charge on any atom is -0.473 e. The number of ketones is 1. The van der Waals surface area contributed by atoms with E-state index in [4.69, 9.17) is 25.5 Å². The average molecular weight is 436 g/mol. The van der Waals surface area contributed by atoms with Crippen LogP contribution >= 0.6 is 11.3 Å². The largest absolute Gasteiger partial charge is 0.473 e. The molecule has 5 N–H and O–H groups in total. The number of aryl methyl sites for hydroxylation is 2. The van der Waals surface area contributed by atoms with Gasteiger partial charge < -0.3 is 21.1 Å². The first kappa shape index (κ1) is 25.5. The van der Waals surface area contributed by atoms with Crippen molar-refractivity contribution >= 4 is 29.1 Å². The van der Waals surface area contributed by atoms with Gasteiger partial charge in [-0.1, -0.05) is 37.3 Å². The van der Waals surface area contributed by atoms with Crippen molar-refractivity contribution < 1.29 is 29.7 Å². The van der Waals surface area contributed by atoms with Gasteiger partial charge in [-0.2, -0.15) is 0 Å². The Morgan fingerprint density at radius 2 is 1.60 bits per heavy atom. The van der Waals surface area contributed by atoms with E-state index in [1.54, 1.807) is 11.3 Å². The van der Waals surface area contributed by atoms with Crippen LogP contribution in [0.15, 0.2) is 42.5 Å². The first-order valence-electron chi connectivity index (χ1n) is 9.76. The predicted octanol–water partition coefficient (Wildman–Crippen LogP) is 3.35. The van der Waals surface area contributed by atoms with Crippen LogP contribution in [0.5, 0.6) is 0 Å². The number of aliphatic hydroxyl groups is 1. The van der Waals surface area contributed by atoms with Gasteiger partial charge in [0.25, 0.3) is 0 Å². The Bertz CT molecular complexity index is 791. The Balaban J connectivity index is 0.000000656. The van der Waals surface area contributed by atoms with E-state index in [9.17, 15) is 9.90 Å². The summed E-state index contributed by atoms with van der Waals surface area (Å²) < 4.78 is 0. The molecule has 2 rings (SSSR count). The maximum Gasteiger partial charge on any atom is 0.414 e. The maximum absolute atomic E-state index is 12.3. The molecule has 0 saturated carbocycles. The van der Waals surface area contributed by atoms with Gasteiger partial charge in [-0.3, -0.25) is 4.79 Å². The molecule has 0 aliphatic carbocycles. The highest BCUT2D eigenvalue weighted by Gasteiger charge is 2.12. The fourth-order valence-corrected chi connectivity index (χ4v) is 3.58. The fourth-order valence-electron chi connectivity index (χ4n) is 2.59. The van der Waals surface area contributed by atoms with Crippen LogP contribution in [0.1, 0.15) is 52.7 Å². The maximum atomic E-state index is 12.3. The number of carbonyl (C=O) groups excluding carboxylic acids is 1. The molecule has 0 aliphatic rings. The molecule has 2 atom stereocenters. The van der Waals surface area contributed by atoms with Crippen molar-refractivity contribution in [1.82, 2.24) is 0 Å². The minimum atomic E-state index is -1.82. The standard InChI is InChI=1S/C20H27NO2S.C2H2O4/c1-15(20(21)23)11-12-17-13-14-19(24-17)18(22)10-6-5-9-16-7-3-2-4-8-16;3-1(4)2(5)6/h2-4,7-8,13-15,20,23H,5-6,9-12,21H2,1H3;(H,3,4)(H,5,6)/t15-,20?;/m1./s1. The number of benzene rings is 1. The number of nitrogens with two attached hydrogens (primary N) is 1. The first-order chi connectivity index (χ1) is 14.2. The molecule has 1 unspecified atom stereocenters. The lowest BCUT2D eigenvalue weighted by Gasteiger charge is -2.13. The number of aliphatic hydroxyl groups excluding tert-OH is 1. The number of rotatable bonds is 10. The summed E-state index contributed by atoms with van der Waals surface area (Å²) in [4.78, 5) is 32.5. The molecule has 8 heteroatoms. The quantitative estimate of drug-likeness (QED) is 0.194. The van der Waals surface area contributed by atoms with E-state index in [0.29, 0.717) is 6.42 Å². The number of carbonyl (C=O) groups is 3. The van der Waals surface area contributed by atoms with Gasteiger partial charge in [-0.25, -0.2) is 9.59 Å². The van der Waals surface area contributed by atoms with Crippen molar-refractivity contribution in [1.29, 1.82) is 0 Å². The third-order valence-electron chi connectivity index (χ3n) is 4.51. The van der Waals surface area contributed by atoms with Crippen LogP contribution < -0.4 is 5.73 Å². The van der Waals surface area contributed by atoms with Crippen LogP contribution in [0.4, 0.5) is 0 Å². The number of thiophene rings is 1. The lowest BCUT2D eigenvalue weighted by molar-refractivity contribution is -0.159. The number of aliphatic carboxylic acids is 2. The topological polar surface area (TPSA) is 138 Å². The Kier molecular flexibility index (Phi) is 11.6. The highest BCUT2D eigenvalue weighted by atomic mass is 32.1. The molecule has 30 heavy (non-hydrogen) atoms. The normalized spacial score (nSPS) is 12.4. The summed E-state index contributed by atoms with van der Waals surface area (Å²) in [5.74, 6) is -3.33. The van der Waals surface area contributed by atoms with Crippen LogP contribution in [0.25, 0.3) is 0 Å². The second-order valence-corrected chi connectivity index (χ2v) is 8.17. The number of carboxylic acids is 2. The molecule has 0 radical (unpaired) electrons. The smallest absolute Gasteiger partial charge is 0.414 e. The summed E-state index contributed by atoms with van der Waals surface area (Å²) in [7, 11) is 0. The lowest BCUT2D eigenvalue weighted by Crippen LogP contribution is -2.27.